The maximum absolute atomic E-state index is 11.5. The summed E-state index contributed by atoms with van der Waals surface area (Å²) in [5, 5.41) is 17.0. The molecular formula is C15H11N5O3S. The molecule has 0 atom stereocenters. The number of H-pyrrole nitrogens is 1. The molecule has 0 bridgehead atoms. The Labute approximate surface area is 140 Å². The minimum atomic E-state index is -0.473. The zero-order valence-electron chi connectivity index (χ0n) is 12.5. The van der Waals surface area contributed by atoms with E-state index >= 15 is 0 Å². The first-order valence-electron chi connectivity index (χ1n) is 6.78. The number of aromatic nitrogens is 4. The van der Waals surface area contributed by atoms with Crippen molar-refractivity contribution in [3.05, 3.63) is 52.3 Å². The summed E-state index contributed by atoms with van der Waals surface area (Å²) in [5.41, 5.74) is 0.280. The van der Waals surface area contributed by atoms with Gasteiger partial charge >= 0.3 is 0 Å². The minimum absolute atomic E-state index is 0.0288. The van der Waals surface area contributed by atoms with Crippen LogP contribution in [0.2, 0.25) is 0 Å². The van der Waals surface area contributed by atoms with Crippen LogP contribution in [0.25, 0.3) is 11.5 Å². The Morgan fingerprint density at radius 1 is 1.33 bits per heavy atom. The third-order valence-electron chi connectivity index (χ3n) is 3.03. The predicted molar refractivity (Wildman–Crippen MR) is 85.4 cm³/mol. The number of benzene rings is 1. The summed E-state index contributed by atoms with van der Waals surface area (Å²) < 4.78 is 10.7. The van der Waals surface area contributed by atoms with Gasteiger partial charge in [0.2, 0.25) is 11.8 Å². The Hall–Kier alpha value is -3.12. The molecule has 0 unspecified atom stereocenters. The lowest BCUT2D eigenvalue weighted by atomic mass is 10.2. The Balaban J connectivity index is 1.69. The molecule has 24 heavy (non-hydrogen) atoms. The molecule has 0 spiro atoms. The molecule has 0 amide bonds. The largest absolute Gasteiger partial charge is 0.497 e. The fourth-order valence-corrected chi connectivity index (χ4v) is 2.49. The molecule has 0 aliphatic carbocycles. The Bertz CT molecular complexity index is 943. The summed E-state index contributed by atoms with van der Waals surface area (Å²) in [4.78, 5) is 18.0. The number of hydrogen-bond acceptors (Lipinski definition) is 8. The Morgan fingerprint density at radius 2 is 2.12 bits per heavy atom. The summed E-state index contributed by atoms with van der Waals surface area (Å²) >= 11 is 1.23. The minimum Gasteiger partial charge on any atom is -0.497 e. The van der Waals surface area contributed by atoms with Crippen LogP contribution in [-0.4, -0.2) is 27.3 Å². The standard InChI is InChI=1S/C15H11N5O3S/c1-22-11-4-2-9(3-5-11)14-20-19-12(23-14)8-24-15-17-7-10(6-16)13(21)18-15/h2-5,7H,8H2,1H3,(H,17,18,21). The molecule has 0 aliphatic rings. The number of thioether (sulfide) groups is 1. The smallest absolute Gasteiger partial charge is 0.269 e. The third-order valence-corrected chi connectivity index (χ3v) is 3.90. The predicted octanol–water partition coefficient (Wildman–Crippen LogP) is 1.99. The second-order valence-corrected chi connectivity index (χ2v) is 5.53. The summed E-state index contributed by atoms with van der Waals surface area (Å²) in [6.07, 6.45) is 1.23. The highest BCUT2D eigenvalue weighted by Crippen LogP contribution is 2.23. The van der Waals surface area contributed by atoms with Gasteiger partial charge in [-0.05, 0) is 24.3 Å². The van der Waals surface area contributed by atoms with E-state index < -0.39 is 5.56 Å². The van der Waals surface area contributed by atoms with E-state index in [1.807, 2.05) is 12.1 Å². The number of aromatic amines is 1. The van der Waals surface area contributed by atoms with Crippen LogP contribution >= 0.6 is 11.8 Å². The van der Waals surface area contributed by atoms with Crippen LogP contribution in [-0.2, 0) is 5.75 Å². The zero-order valence-corrected chi connectivity index (χ0v) is 13.3. The molecule has 9 heteroatoms. The van der Waals surface area contributed by atoms with E-state index in [4.69, 9.17) is 14.4 Å². The van der Waals surface area contributed by atoms with Crippen LogP contribution in [0.15, 0.2) is 44.8 Å². The highest BCUT2D eigenvalue weighted by molar-refractivity contribution is 7.98. The molecule has 2 heterocycles. The van der Waals surface area contributed by atoms with Gasteiger partial charge in [-0.3, -0.25) is 4.79 Å². The zero-order chi connectivity index (χ0) is 16.9. The first-order chi connectivity index (χ1) is 11.7. The average molecular weight is 341 g/mol. The monoisotopic (exact) mass is 341 g/mol. The Kier molecular flexibility index (Phi) is 4.58. The van der Waals surface area contributed by atoms with Gasteiger partial charge in [0, 0.05) is 5.56 Å². The number of nitrogens with one attached hydrogen (secondary N) is 1. The van der Waals surface area contributed by atoms with E-state index in [0.717, 1.165) is 11.3 Å². The van der Waals surface area contributed by atoms with Crippen molar-refractivity contribution in [2.45, 2.75) is 10.9 Å². The normalized spacial score (nSPS) is 10.3. The lowest BCUT2D eigenvalue weighted by Crippen LogP contribution is -2.11. The van der Waals surface area contributed by atoms with Crippen molar-refractivity contribution in [2.24, 2.45) is 0 Å². The van der Waals surface area contributed by atoms with Crippen molar-refractivity contribution in [3.63, 3.8) is 0 Å². The van der Waals surface area contributed by atoms with E-state index in [9.17, 15) is 4.79 Å². The molecule has 2 aromatic heterocycles. The molecular weight excluding hydrogens is 330 g/mol. The molecule has 1 aromatic carbocycles. The molecule has 0 radical (unpaired) electrons. The summed E-state index contributed by atoms with van der Waals surface area (Å²) in [6.45, 7) is 0. The molecule has 0 saturated heterocycles. The van der Waals surface area contributed by atoms with Crippen molar-refractivity contribution in [2.75, 3.05) is 7.11 Å². The van der Waals surface area contributed by atoms with Crippen LogP contribution in [0.5, 0.6) is 5.75 Å². The van der Waals surface area contributed by atoms with Gasteiger partial charge in [-0.15, -0.1) is 10.2 Å². The van der Waals surface area contributed by atoms with E-state index in [2.05, 4.69) is 20.2 Å². The quantitative estimate of drug-likeness (QED) is 0.553. The van der Waals surface area contributed by atoms with Crippen molar-refractivity contribution in [1.82, 2.24) is 20.2 Å². The van der Waals surface area contributed by atoms with E-state index in [1.54, 1.807) is 25.3 Å². The van der Waals surface area contributed by atoms with Crippen LogP contribution in [0, 0.1) is 11.3 Å². The van der Waals surface area contributed by atoms with Crippen molar-refractivity contribution < 1.29 is 9.15 Å². The van der Waals surface area contributed by atoms with E-state index in [0.29, 0.717) is 22.7 Å². The molecule has 1 N–H and O–H groups in total. The lowest BCUT2D eigenvalue weighted by molar-refractivity contribution is 0.415. The van der Waals surface area contributed by atoms with E-state index in [-0.39, 0.29) is 5.56 Å². The van der Waals surface area contributed by atoms with Crippen LogP contribution < -0.4 is 10.3 Å². The highest BCUT2D eigenvalue weighted by Gasteiger charge is 2.10. The van der Waals surface area contributed by atoms with Gasteiger partial charge in [0.1, 0.15) is 17.4 Å². The van der Waals surface area contributed by atoms with Gasteiger partial charge in [0.25, 0.3) is 5.56 Å². The van der Waals surface area contributed by atoms with E-state index in [1.165, 1.54) is 18.0 Å². The maximum Gasteiger partial charge on any atom is 0.269 e. The van der Waals surface area contributed by atoms with Gasteiger partial charge in [-0.25, -0.2) is 4.98 Å². The number of nitrogens with zero attached hydrogens (tertiary/aromatic N) is 4. The summed E-state index contributed by atoms with van der Waals surface area (Å²) in [5.74, 6) is 1.88. The number of hydrogen-bond donors (Lipinski definition) is 1. The van der Waals surface area contributed by atoms with Gasteiger partial charge < -0.3 is 14.1 Å². The van der Waals surface area contributed by atoms with Gasteiger partial charge in [-0.2, -0.15) is 5.26 Å². The van der Waals surface area contributed by atoms with Crippen molar-refractivity contribution >= 4 is 11.8 Å². The molecule has 3 rings (SSSR count). The number of methoxy groups -OCH3 is 1. The van der Waals surface area contributed by atoms with Crippen LogP contribution in [0.1, 0.15) is 11.5 Å². The van der Waals surface area contributed by atoms with Crippen molar-refractivity contribution in [3.8, 4) is 23.3 Å². The molecule has 8 nitrogen and oxygen atoms in total. The summed E-state index contributed by atoms with van der Waals surface area (Å²) in [6, 6.07) is 9.02. The Morgan fingerprint density at radius 3 is 2.79 bits per heavy atom. The molecule has 0 saturated carbocycles. The second-order valence-electron chi connectivity index (χ2n) is 4.56. The topological polar surface area (TPSA) is 118 Å². The van der Waals surface area contributed by atoms with Crippen LogP contribution in [0.3, 0.4) is 0 Å². The van der Waals surface area contributed by atoms with Crippen LogP contribution in [0.4, 0.5) is 0 Å². The molecule has 120 valence electrons. The lowest BCUT2D eigenvalue weighted by Gasteiger charge is -1.99. The first-order valence-corrected chi connectivity index (χ1v) is 7.77. The van der Waals surface area contributed by atoms with Crippen molar-refractivity contribution in [1.29, 1.82) is 5.26 Å². The number of ether oxygens (including phenoxy) is 1. The molecule has 0 fully saturated rings. The summed E-state index contributed by atoms with van der Waals surface area (Å²) in [7, 11) is 1.60. The highest BCUT2D eigenvalue weighted by atomic mass is 32.2. The first kappa shape index (κ1) is 15.8. The molecule has 0 aliphatic heterocycles. The SMILES string of the molecule is COc1ccc(-c2nnc(CSc3ncc(C#N)c(=O)[nH]3)o2)cc1. The average Bonchev–Trinajstić information content (AvgIpc) is 3.09. The number of rotatable bonds is 5. The van der Waals surface area contributed by atoms with Gasteiger partial charge in [0.05, 0.1) is 19.1 Å². The second kappa shape index (κ2) is 6.97. The third kappa shape index (κ3) is 3.44. The fraction of sp³-hybridized carbons (Fsp3) is 0.133. The number of nitriles is 1. The molecule has 3 aromatic rings. The van der Waals surface area contributed by atoms with Gasteiger partial charge in [0.15, 0.2) is 5.16 Å². The fourth-order valence-electron chi connectivity index (χ4n) is 1.82. The van der Waals surface area contributed by atoms with Gasteiger partial charge in [-0.1, -0.05) is 11.8 Å². The maximum atomic E-state index is 11.5.